The highest BCUT2D eigenvalue weighted by Crippen LogP contribution is 2.32. The molecule has 2 aromatic heterocycles. The Hall–Kier alpha value is -4.16. The molecule has 228 valence electrons. The maximum absolute atomic E-state index is 13.6. The van der Waals surface area contributed by atoms with Crippen LogP contribution in [0.25, 0.3) is 4.96 Å². The third-order valence-electron chi connectivity index (χ3n) is 6.47. The average Bonchev–Trinajstić information content (AvgIpc) is 3.42. The molecule has 0 spiro atoms. The number of piperazine rings is 1. The average molecular weight is 645 g/mol. The van der Waals surface area contributed by atoms with E-state index in [1.165, 1.54) is 36.5 Å². The highest BCUT2D eigenvalue weighted by atomic mass is 32.2. The Labute approximate surface area is 244 Å². The van der Waals surface area contributed by atoms with Gasteiger partial charge < -0.3 is 15.0 Å². The number of alkyl halides is 5. The zero-order valence-corrected chi connectivity index (χ0v) is 23.4. The minimum Gasteiger partial charge on any atom is -0.435 e. The second kappa shape index (κ2) is 11.8. The number of hydrogen-bond donors (Lipinski definition) is 1. The number of amides is 1. The van der Waals surface area contributed by atoms with Crippen LogP contribution < -0.4 is 20.5 Å². The molecule has 1 amide bonds. The first-order valence-corrected chi connectivity index (χ1v) is 14.7. The quantitative estimate of drug-likeness (QED) is 0.291. The highest BCUT2D eigenvalue weighted by molar-refractivity contribution is 7.89. The van der Waals surface area contributed by atoms with Gasteiger partial charge in [0.05, 0.1) is 10.5 Å². The van der Waals surface area contributed by atoms with Crippen LogP contribution in [0.3, 0.4) is 0 Å². The van der Waals surface area contributed by atoms with E-state index in [0.29, 0.717) is 22.8 Å². The van der Waals surface area contributed by atoms with Gasteiger partial charge in [0.1, 0.15) is 11.8 Å². The Bertz CT molecular complexity index is 1780. The lowest BCUT2D eigenvalue weighted by Gasteiger charge is -2.39. The maximum atomic E-state index is 13.6. The van der Waals surface area contributed by atoms with E-state index in [1.807, 2.05) is 0 Å². The topological polar surface area (TPSA) is 126 Å². The fourth-order valence-corrected chi connectivity index (χ4v) is 6.83. The zero-order valence-electron chi connectivity index (χ0n) is 21.7. The van der Waals surface area contributed by atoms with E-state index in [9.17, 15) is 40.0 Å². The van der Waals surface area contributed by atoms with Gasteiger partial charge in [0.2, 0.25) is 26.0 Å². The third-order valence-corrected chi connectivity index (χ3v) is 9.37. The molecule has 1 fully saturated rings. The normalized spacial score (nSPS) is 16.5. The number of hydrogen-bond acceptors (Lipinski definition) is 9. The smallest absolute Gasteiger partial charge is 0.416 e. The van der Waals surface area contributed by atoms with Crippen molar-refractivity contribution < 1.29 is 39.9 Å². The Morgan fingerprint density at radius 2 is 1.77 bits per heavy atom. The van der Waals surface area contributed by atoms with Gasteiger partial charge in [-0.05, 0) is 42.0 Å². The molecule has 1 N–H and O–H groups in total. The molecule has 4 aromatic rings. The van der Waals surface area contributed by atoms with Crippen LogP contribution in [0.15, 0.2) is 70.5 Å². The molecule has 0 radical (unpaired) electrons. The molecule has 0 aliphatic carbocycles. The Morgan fingerprint density at radius 1 is 1.07 bits per heavy atom. The number of sulfonamides is 1. The Morgan fingerprint density at radius 3 is 2.40 bits per heavy atom. The van der Waals surface area contributed by atoms with Gasteiger partial charge in [-0.3, -0.25) is 9.59 Å². The van der Waals surface area contributed by atoms with E-state index in [2.05, 4.69) is 20.1 Å². The van der Waals surface area contributed by atoms with Crippen molar-refractivity contribution in [3.8, 4) is 5.75 Å². The molecule has 1 aliphatic rings. The van der Waals surface area contributed by atoms with Crippen LogP contribution >= 0.6 is 11.3 Å². The summed E-state index contributed by atoms with van der Waals surface area (Å²) in [6.07, 6.45) is -3.36. The van der Waals surface area contributed by atoms with Crippen LogP contribution in [0.4, 0.5) is 27.1 Å². The summed E-state index contributed by atoms with van der Waals surface area (Å²) < 4.78 is 97.5. The molecule has 5 rings (SSSR count). The second-order valence-electron chi connectivity index (χ2n) is 9.20. The molecular formula is C25H21F5N6O5S2. The van der Waals surface area contributed by atoms with Crippen molar-refractivity contribution >= 4 is 37.4 Å². The molecular weight excluding hydrogens is 623 g/mol. The molecule has 0 unspecified atom stereocenters. The Kier molecular flexibility index (Phi) is 8.35. The predicted octanol–water partition coefficient (Wildman–Crippen LogP) is 2.97. The summed E-state index contributed by atoms with van der Waals surface area (Å²) in [6, 6.07) is 8.23. The molecule has 18 heteroatoms. The Balaban J connectivity index is 1.41. The summed E-state index contributed by atoms with van der Waals surface area (Å²) in [5, 5.41) is 7.17. The standard InChI is InChI=1S/C25H21F5N6O5S2/c26-22(27)41-17-5-1-15(2-6-17)13-32-21(38)19-14-34(24-33-36-20(37)9-10-31-23(36)42-24)11-12-35(19)43(39,40)18-7-3-16(4-8-18)25(28,29)30/h1-10,19,22H,11-14H2,(H,32,38)/t19-/m1/s1. The summed E-state index contributed by atoms with van der Waals surface area (Å²) in [6.45, 7) is -3.51. The van der Waals surface area contributed by atoms with Crippen LogP contribution in [0, 0.1) is 0 Å². The molecule has 0 bridgehead atoms. The number of anilines is 1. The number of nitrogens with one attached hydrogen (secondary N) is 1. The van der Waals surface area contributed by atoms with Crippen LogP contribution in [0.5, 0.6) is 5.75 Å². The van der Waals surface area contributed by atoms with E-state index in [1.54, 1.807) is 4.90 Å². The van der Waals surface area contributed by atoms with Crippen molar-refractivity contribution in [2.24, 2.45) is 0 Å². The van der Waals surface area contributed by atoms with Gasteiger partial charge in [-0.2, -0.15) is 30.8 Å². The SMILES string of the molecule is O=C(NCc1ccc(OC(F)F)cc1)[C@H]1CN(c2nn3c(=O)ccnc3s2)CCN1S(=O)(=O)c1ccc(C(F)(F)F)cc1. The highest BCUT2D eigenvalue weighted by Gasteiger charge is 2.41. The van der Waals surface area contributed by atoms with E-state index >= 15 is 0 Å². The number of ether oxygens (including phenoxy) is 1. The second-order valence-corrected chi connectivity index (χ2v) is 12.0. The largest absolute Gasteiger partial charge is 0.435 e. The minimum atomic E-state index is -4.67. The van der Waals surface area contributed by atoms with Crippen LogP contribution in [0.2, 0.25) is 0 Å². The van der Waals surface area contributed by atoms with E-state index < -0.39 is 50.8 Å². The minimum absolute atomic E-state index is 0.0455. The third kappa shape index (κ3) is 6.60. The summed E-state index contributed by atoms with van der Waals surface area (Å²) in [4.78, 5) is 31.2. The van der Waals surface area contributed by atoms with Crippen LogP contribution in [-0.2, 0) is 27.5 Å². The van der Waals surface area contributed by atoms with Crippen LogP contribution in [0.1, 0.15) is 11.1 Å². The number of fused-ring (bicyclic) bond motifs is 1. The summed E-state index contributed by atoms with van der Waals surface area (Å²) in [5.41, 5.74) is -0.970. The van der Waals surface area contributed by atoms with Crippen molar-refractivity contribution in [3.63, 3.8) is 0 Å². The number of aromatic nitrogens is 3. The summed E-state index contributed by atoms with van der Waals surface area (Å²) in [7, 11) is -4.45. The van der Waals surface area contributed by atoms with Gasteiger partial charge in [-0.1, -0.05) is 23.5 Å². The van der Waals surface area contributed by atoms with E-state index in [0.717, 1.165) is 32.3 Å². The molecule has 1 aliphatic heterocycles. The van der Waals surface area contributed by atoms with E-state index in [-0.39, 0.29) is 36.9 Å². The van der Waals surface area contributed by atoms with Crippen molar-refractivity contribution in [1.82, 2.24) is 24.2 Å². The molecule has 1 atom stereocenters. The van der Waals surface area contributed by atoms with Crippen molar-refractivity contribution in [3.05, 3.63) is 82.3 Å². The molecule has 2 aromatic carbocycles. The van der Waals surface area contributed by atoms with Crippen molar-refractivity contribution in [2.75, 3.05) is 24.5 Å². The fourth-order valence-electron chi connectivity index (χ4n) is 4.35. The molecule has 43 heavy (non-hydrogen) atoms. The lowest BCUT2D eigenvalue weighted by molar-refractivity contribution is -0.137. The first kappa shape index (κ1) is 30.3. The number of nitrogens with zero attached hydrogens (tertiary/aromatic N) is 5. The van der Waals surface area contributed by atoms with Gasteiger partial charge in [0.15, 0.2) is 0 Å². The van der Waals surface area contributed by atoms with Crippen LogP contribution in [-0.4, -0.2) is 65.5 Å². The number of carbonyl (C=O) groups excluding carboxylic acids is 1. The summed E-state index contributed by atoms with van der Waals surface area (Å²) in [5.74, 6) is -0.823. The first-order chi connectivity index (χ1) is 20.3. The first-order valence-electron chi connectivity index (χ1n) is 12.4. The molecule has 3 heterocycles. The predicted molar refractivity (Wildman–Crippen MR) is 143 cm³/mol. The number of rotatable bonds is 8. The summed E-state index contributed by atoms with van der Waals surface area (Å²) >= 11 is 1.05. The monoisotopic (exact) mass is 644 g/mol. The molecule has 1 saturated heterocycles. The van der Waals surface area contributed by atoms with Gasteiger partial charge >= 0.3 is 12.8 Å². The zero-order chi connectivity index (χ0) is 30.9. The number of carbonyl (C=O) groups is 1. The number of halogens is 5. The lowest BCUT2D eigenvalue weighted by atomic mass is 10.2. The van der Waals surface area contributed by atoms with Gasteiger partial charge in [0.25, 0.3) is 5.56 Å². The van der Waals surface area contributed by atoms with Gasteiger partial charge in [-0.25, -0.2) is 13.4 Å². The van der Waals surface area contributed by atoms with E-state index in [4.69, 9.17) is 0 Å². The fraction of sp³-hybridized carbons (Fsp3) is 0.280. The molecule has 11 nitrogen and oxygen atoms in total. The van der Waals surface area contributed by atoms with Gasteiger partial charge in [0, 0.05) is 38.4 Å². The lowest BCUT2D eigenvalue weighted by Crippen LogP contribution is -2.60. The molecule has 0 saturated carbocycles. The van der Waals surface area contributed by atoms with Crippen molar-refractivity contribution in [1.29, 1.82) is 0 Å². The number of benzene rings is 2. The van der Waals surface area contributed by atoms with Crippen molar-refractivity contribution in [2.45, 2.75) is 30.3 Å². The van der Waals surface area contributed by atoms with Gasteiger partial charge in [-0.15, -0.1) is 5.10 Å². The maximum Gasteiger partial charge on any atom is 0.416 e.